The summed E-state index contributed by atoms with van der Waals surface area (Å²) < 4.78 is 5.47. The number of amides is 1. The minimum atomic E-state index is -0.314. The van der Waals surface area contributed by atoms with Crippen LogP contribution in [0.5, 0.6) is 5.75 Å². The van der Waals surface area contributed by atoms with Gasteiger partial charge in [0.25, 0.3) is 5.91 Å². The van der Waals surface area contributed by atoms with Crippen LogP contribution in [0.1, 0.15) is 43.0 Å². The van der Waals surface area contributed by atoms with Crippen LogP contribution in [-0.4, -0.2) is 30.3 Å². The molecule has 116 valence electrons. The highest BCUT2D eigenvalue weighted by molar-refractivity contribution is 5.98. The Kier molecular flexibility index (Phi) is 5.44. The van der Waals surface area contributed by atoms with E-state index >= 15 is 0 Å². The molecule has 1 aliphatic rings. The van der Waals surface area contributed by atoms with Crippen LogP contribution >= 0.6 is 0 Å². The first-order valence-corrected chi connectivity index (χ1v) is 7.61. The minimum Gasteiger partial charge on any atom is -0.491 e. The summed E-state index contributed by atoms with van der Waals surface area (Å²) in [6.07, 6.45) is 3.64. The Morgan fingerprint density at radius 1 is 1.43 bits per heavy atom. The summed E-state index contributed by atoms with van der Waals surface area (Å²) in [4.78, 5) is 12.3. The topological polar surface area (TPSA) is 84.6 Å². The van der Waals surface area contributed by atoms with Crippen molar-refractivity contribution < 1.29 is 14.6 Å². The van der Waals surface area contributed by atoms with Gasteiger partial charge in [-0.2, -0.15) is 0 Å². The van der Waals surface area contributed by atoms with Gasteiger partial charge >= 0.3 is 0 Å². The Hall–Kier alpha value is -1.75. The van der Waals surface area contributed by atoms with Gasteiger partial charge in [-0.3, -0.25) is 4.79 Å². The number of nitrogen functional groups attached to an aromatic ring is 1. The number of benzene rings is 1. The Labute approximate surface area is 125 Å². The lowest BCUT2D eigenvalue weighted by Gasteiger charge is -2.27. The summed E-state index contributed by atoms with van der Waals surface area (Å²) in [5, 5.41) is 12.8. The fraction of sp³-hybridized carbons (Fsp3) is 0.562. The van der Waals surface area contributed by atoms with E-state index in [4.69, 9.17) is 10.5 Å². The maximum atomic E-state index is 12.3. The molecular weight excluding hydrogens is 268 g/mol. The van der Waals surface area contributed by atoms with Gasteiger partial charge in [0, 0.05) is 12.5 Å². The molecule has 5 nitrogen and oxygen atoms in total. The lowest BCUT2D eigenvalue weighted by atomic mass is 9.86. The van der Waals surface area contributed by atoms with Gasteiger partial charge in [0.2, 0.25) is 0 Å². The van der Waals surface area contributed by atoms with E-state index in [0.29, 0.717) is 30.2 Å². The Morgan fingerprint density at radius 3 is 2.90 bits per heavy atom. The molecule has 0 saturated heterocycles. The van der Waals surface area contributed by atoms with E-state index < -0.39 is 0 Å². The maximum absolute atomic E-state index is 12.3. The Balaban J connectivity index is 2.01. The lowest BCUT2D eigenvalue weighted by molar-refractivity contribution is 0.0662. The molecular formula is C16H24N2O3. The summed E-state index contributed by atoms with van der Waals surface area (Å²) >= 11 is 0. The quantitative estimate of drug-likeness (QED) is 0.724. The number of carbonyl (C=O) groups excluding carboxylic acids is 1. The van der Waals surface area contributed by atoms with Crippen molar-refractivity contribution in [3.05, 3.63) is 23.8 Å². The van der Waals surface area contributed by atoms with Crippen molar-refractivity contribution in [1.82, 2.24) is 5.32 Å². The molecule has 21 heavy (non-hydrogen) atoms. The van der Waals surface area contributed by atoms with Crippen LogP contribution in [0, 0.1) is 5.92 Å². The number of hydrogen-bond acceptors (Lipinski definition) is 4. The number of carbonyl (C=O) groups is 1. The van der Waals surface area contributed by atoms with Crippen LogP contribution in [0.15, 0.2) is 18.2 Å². The fourth-order valence-corrected chi connectivity index (χ4v) is 2.78. The van der Waals surface area contributed by atoms with E-state index in [1.807, 2.05) is 6.92 Å². The second-order valence-electron chi connectivity index (χ2n) is 5.48. The summed E-state index contributed by atoms with van der Waals surface area (Å²) in [7, 11) is 0. The largest absolute Gasteiger partial charge is 0.491 e. The first-order chi connectivity index (χ1) is 10.1. The molecule has 0 bridgehead atoms. The number of nitrogens with two attached hydrogens (primary N) is 1. The molecule has 0 aliphatic heterocycles. The van der Waals surface area contributed by atoms with Gasteiger partial charge in [0.15, 0.2) is 5.75 Å². The van der Waals surface area contributed by atoms with Crippen LogP contribution in [0.3, 0.4) is 0 Å². The van der Waals surface area contributed by atoms with Gasteiger partial charge < -0.3 is 20.9 Å². The normalized spacial score (nSPS) is 21.8. The van der Waals surface area contributed by atoms with E-state index in [2.05, 4.69) is 5.32 Å². The first kappa shape index (κ1) is 15.6. The average molecular weight is 292 g/mol. The second-order valence-corrected chi connectivity index (χ2v) is 5.48. The van der Waals surface area contributed by atoms with E-state index in [1.165, 1.54) is 0 Å². The summed E-state index contributed by atoms with van der Waals surface area (Å²) in [5.74, 6) is 0.365. The molecule has 4 N–H and O–H groups in total. The molecule has 2 atom stereocenters. The summed E-state index contributed by atoms with van der Waals surface area (Å²) in [5.41, 5.74) is 6.77. The average Bonchev–Trinajstić information content (AvgIpc) is 2.48. The molecule has 1 fully saturated rings. The molecule has 1 amide bonds. The van der Waals surface area contributed by atoms with Crippen LogP contribution in [0.2, 0.25) is 0 Å². The van der Waals surface area contributed by atoms with Crippen molar-refractivity contribution in [3.8, 4) is 5.75 Å². The molecule has 1 aromatic rings. The molecule has 0 heterocycles. The summed E-state index contributed by atoms with van der Waals surface area (Å²) in [6.45, 7) is 2.79. The third-order valence-electron chi connectivity index (χ3n) is 3.97. The Morgan fingerprint density at radius 2 is 2.19 bits per heavy atom. The number of aliphatic hydroxyl groups is 1. The number of nitrogens with one attached hydrogen (secondary N) is 1. The van der Waals surface area contributed by atoms with Gasteiger partial charge in [-0.25, -0.2) is 0 Å². The molecule has 1 saturated carbocycles. The highest BCUT2D eigenvalue weighted by Crippen LogP contribution is 2.27. The smallest absolute Gasteiger partial charge is 0.255 e. The molecule has 1 aliphatic carbocycles. The standard InChI is InChI=1S/C16H24N2O3/c1-2-21-15-12(7-5-8-13(15)17)16(20)18-10-11-6-3-4-9-14(11)19/h5,7-8,11,14,19H,2-4,6,9-10,17H2,1H3,(H,18,20). The number of para-hydroxylation sites is 1. The van der Waals surface area contributed by atoms with Crippen LogP contribution in [-0.2, 0) is 0 Å². The van der Waals surface area contributed by atoms with Crippen molar-refractivity contribution in [1.29, 1.82) is 0 Å². The van der Waals surface area contributed by atoms with Gasteiger partial charge in [-0.1, -0.05) is 18.9 Å². The molecule has 5 heteroatoms. The third-order valence-corrected chi connectivity index (χ3v) is 3.97. The molecule has 0 aromatic heterocycles. The zero-order valence-corrected chi connectivity index (χ0v) is 12.5. The second kappa shape index (κ2) is 7.31. The first-order valence-electron chi connectivity index (χ1n) is 7.61. The van der Waals surface area contributed by atoms with Gasteiger partial charge in [0.1, 0.15) is 0 Å². The molecule has 0 spiro atoms. The van der Waals surface area contributed by atoms with Gasteiger partial charge in [0.05, 0.1) is 24.0 Å². The minimum absolute atomic E-state index is 0.138. The SMILES string of the molecule is CCOc1c(N)cccc1C(=O)NCC1CCCCC1O. The van der Waals surface area contributed by atoms with E-state index in [0.717, 1.165) is 25.7 Å². The van der Waals surface area contributed by atoms with E-state index in [9.17, 15) is 9.90 Å². The van der Waals surface area contributed by atoms with Crippen molar-refractivity contribution >= 4 is 11.6 Å². The number of anilines is 1. The number of aliphatic hydroxyl groups excluding tert-OH is 1. The summed E-state index contributed by atoms with van der Waals surface area (Å²) in [6, 6.07) is 5.16. The molecule has 2 unspecified atom stereocenters. The van der Waals surface area contributed by atoms with Crippen LogP contribution < -0.4 is 15.8 Å². The van der Waals surface area contributed by atoms with Crippen molar-refractivity contribution in [2.45, 2.75) is 38.7 Å². The maximum Gasteiger partial charge on any atom is 0.255 e. The highest BCUT2D eigenvalue weighted by Gasteiger charge is 2.24. The molecule has 2 rings (SSSR count). The van der Waals surface area contributed by atoms with Gasteiger partial charge in [-0.05, 0) is 31.9 Å². The number of hydrogen-bond donors (Lipinski definition) is 3. The predicted molar refractivity (Wildman–Crippen MR) is 82.3 cm³/mol. The highest BCUT2D eigenvalue weighted by atomic mass is 16.5. The zero-order chi connectivity index (χ0) is 15.2. The predicted octanol–water partition coefficient (Wildman–Crippen LogP) is 1.95. The van der Waals surface area contributed by atoms with Crippen molar-refractivity contribution in [3.63, 3.8) is 0 Å². The van der Waals surface area contributed by atoms with Crippen molar-refractivity contribution in [2.24, 2.45) is 5.92 Å². The van der Waals surface area contributed by atoms with Crippen molar-refractivity contribution in [2.75, 3.05) is 18.9 Å². The van der Waals surface area contributed by atoms with Crippen LogP contribution in [0.25, 0.3) is 0 Å². The van der Waals surface area contributed by atoms with Gasteiger partial charge in [-0.15, -0.1) is 0 Å². The third kappa shape index (κ3) is 3.88. The zero-order valence-electron chi connectivity index (χ0n) is 12.5. The monoisotopic (exact) mass is 292 g/mol. The molecule has 1 aromatic carbocycles. The van der Waals surface area contributed by atoms with Crippen LogP contribution in [0.4, 0.5) is 5.69 Å². The molecule has 0 radical (unpaired) electrons. The van der Waals surface area contributed by atoms with E-state index in [1.54, 1.807) is 18.2 Å². The number of ether oxygens (including phenoxy) is 1. The van der Waals surface area contributed by atoms with E-state index in [-0.39, 0.29) is 17.9 Å². The lowest BCUT2D eigenvalue weighted by Crippen LogP contribution is -2.36. The number of rotatable bonds is 5. The Bertz CT molecular complexity index is 490. The fourth-order valence-electron chi connectivity index (χ4n) is 2.78.